The highest BCUT2D eigenvalue weighted by molar-refractivity contribution is 5.78. The highest BCUT2D eigenvalue weighted by Gasteiger charge is 2.29. The van der Waals surface area contributed by atoms with Gasteiger partial charge in [0.25, 0.3) is 0 Å². The summed E-state index contributed by atoms with van der Waals surface area (Å²) in [6.45, 7) is 4.39. The first kappa shape index (κ1) is 9.26. The summed E-state index contributed by atoms with van der Waals surface area (Å²) in [7, 11) is 0. The van der Waals surface area contributed by atoms with Crippen LogP contribution in [0.5, 0.6) is 0 Å². The third-order valence-corrected chi connectivity index (χ3v) is 2.24. The maximum absolute atomic E-state index is 11.2. The average Bonchev–Trinajstić information content (AvgIpc) is 2.43. The van der Waals surface area contributed by atoms with Crippen LogP contribution in [-0.4, -0.2) is 35.1 Å². The first-order valence-electron chi connectivity index (χ1n) is 4.30. The van der Waals surface area contributed by atoms with E-state index in [1.165, 1.54) is 0 Å². The lowest BCUT2D eigenvalue weighted by molar-refractivity contribution is -0.129. The molecule has 3 heteroatoms. The van der Waals surface area contributed by atoms with Gasteiger partial charge in [0.2, 0.25) is 5.91 Å². The summed E-state index contributed by atoms with van der Waals surface area (Å²) in [5.41, 5.74) is 0. The van der Waals surface area contributed by atoms with Gasteiger partial charge in [-0.05, 0) is 12.8 Å². The first-order chi connectivity index (χ1) is 5.79. The lowest BCUT2D eigenvalue weighted by Crippen LogP contribution is -2.35. The molecule has 0 aromatic heterocycles. The highest BCUT2D eigenvalue weighted by Crippen LogP contribution is 2.18. The maximum atomic E-state index is 11.2. The second kappa shape index (κ2) is 4.26. The van der Waals surface area contributed by atoms with Crippen molar-refractivity contribution in [1.82, 2.24) is 4.90 Å². The predicted octanol–water partition coefficient (Wildman–Crippen LogP) is 0.546. The molecule has 12 heavy (non-hydrogen) atoms. The van der Waals surface area contributed by atoms with Crippen molar-refractivity contribution in [2.24, 2.45) is 0 Å². The van der Waals surface area contributed by atoms with Crippen molar-refractivity contribution >= 4 is 5.91 Å². The molecule has 1 rings (SSSR count). The van der Waals surface area contributed by atoms with Crippen molar-refractivity contribution in [1.29, 1.82) is 0 Å². The van der Waals surface area contributed by atoms with Crippen LogP contribution < -0.4 is 0 Å². The third kappa shape index (κ3) is 1.85. The first-order valence-corrected chi connectivity index (χ1v) is 4.30. The summed E-state index contributed by atoms with van der Waals surface area (Å²) < 4.78 is 0. The van der Waals surface area contributed by atoms with E-state index < -0.39 is 0 Å². The predicted molar refractivity (Wildman–Crippen MR) is 46.6 cm³/mol. The van der Waals surface area contributed by atoms with Crippen molar-refractivity contribution in [3.63, 3.8) is 0 Å². The van der Waals surface area contributed by atoms with E-state index in [1.54, 1.807) is 11.0 Å². The van der Waals surface area contributed by atoms with Crippen LogP contribution in [0.4, 0.5) is 0 Å². The molecule has 1 fully saturated rings. The lowest BCUT2D eigenvalue weighted by atomic mass is 10.2. The van der Waals surface area contributed by atoms with E-state index in [0.717, 1.165) is 12.8 Å². The Morgan fingerprint density at radius 3 is 3.08 bits per heavy atom. The standard InChI is InChI=1S/C9H15NO2/c1-2-3-6-10-8(7-11)4-5-9(10)12/h2,8,11H,1,3-7H2/t8-/m0/s1. The third-order valence-electron chi connectivity index (χ3n) is 2.24. The van der Waals surface area contributed by atoms with E-state index in [1.807, 2.05) is 0 Å². The lowest BCUT2D eigenvalue weighted by Gasteiger charge is -2.22. The summed E-state index contributed by atoms with van der Waals surface area (Å²) in [5.74, 6) is 0.163. The van der Waals surface area contributed by atoms with Gasteiger partial charge in [0.05, 0.1) is 12.6 Å². The molecule has 0 bridgehead atoms. The van der Waals surface area contributed by atoms with Crippen molar-refractivity contribution in [2.45, 2.75) is 25.3 Å². The minimum Gasteiger partial charge on any atom is -0.394 e. The summed E-state index contributed by atoms with van der Waals surface area (Å²) in [4.78, 5) is 13.0. The molecule has 0 aromatic rings. The minimum absolute atomic E-state index is 0.0532. The Kier molecular flexibility index (Phi) is 3.29. The fourth-order valence-electron chi connectivity index (χ4n) is 1.52. The Morgan fingerprint density at radius 1 is 1.75 bits per heavy atom. The van der Waals surface area contributed by atoms with Crippen LogP contribution in [0.25, 0.3) is 0 Å². The van der Waals surface area contributed by atoms with E-state index in [0.29, 0.717) is 13.0 Å². The summed E-state index contributed by atoms with van der Waals surface area (Å²) in [5, 5.41) is 8.93. The Bertz CT molecular complexity index is 179. The van der Waals surface area contributed by atoms with Crippen LogP contribution >= 0.6 is 0 Å². The van der Waals surface area contributed by atoms with Crippen LogP contribution in [0.15, 0.2) is 12.7 Å². The summed E-state index contributed by atoms with van der Waals surface area (Å²) in [6, 6.07) is 0.0532. The Hall–Kier alpha value is -0.830. The minimum atomic E-state index is 0.0532. The van der Waals surface area contributed by atoms with Gasteiger partial charge in [-0.2, -0.15) is 0 Å². The van der Waals surface area contributed by atoms with E-state index in [2.05, 4.69) is 6.58 Å². The van der Waals surface area contributed by atoms with E-state index in [9.17, 15) is 4.79 Å². The van der Waals surface area contributed by atoms with Crippen LogP contribution in [0.2, 0.25) is 0 Å². The molecular formula is C9H15NO2. The Balaban J connectivity index is 2.45. The molecule has 68 valence electrons. The van der Waals surface area contributed by atoms with Crippen LogP contribution in [0, 0.1) is 0 Å². The molecule has 0 unspecified atom stereocenters. The quantitative estimate of drug-likeness (QED) is 0.624. The smallest absolute Gasteiger partial charge is 0.222 e. The van der Waals surface area contributed by atoms with Crippen LogP contribution in [0.1, 0.15) is 19.3 Å². The highest BCUT2D eigenvalue weighted by atomic mass is 16.3. The van der Waals surface area contributed by atoms with Gasteiger partial charge in [0.1, 0.15) is 0 Å². The number of hydrogen-bond donors (Lipinski definition) is 1. The van der Waals surface area contributed by atoms with Gasteiger partial charge >= 0.3 is 0 Å². The molecule has 1 saturated heterocycles. The number of rotatable bonds is 4. The number of likely N-dealkylation sites (tertiary alicyclic amines) is 1. The maximum Gasteiger partial charge on any atom is 0.222 e. The fraction of sp³-hybridized carbons (Fsp3) is 0.667. The molecule has 0 saturated carbocycles. The molecule has 1 atom stereocenters. The zero-order chi connectivity index (χ0) is 8.97. The number of amides is 1. The molecule has 0 aromatic carbocycles. The van der Waals surface area contributed by atoms with E-state index in [4.69, 9.17) is 5.11 Å². The van der Waals surface area contributed by atoms with Gasteiger partial charge in [0, 0.05) is 13.0 Å². The fourth-order valence-corrected chi connectivity index (χ4v) is 1.52. The van der Waals surface area contributed by atoms with E-state index >= 15 is 0 Å². The zero-order valence-electron chi connectivity index (χ0n) is 7.20. The molecule has 0 aliphatic carbocycles. The Labute approximate surface area is 72.7 Å². The van der Waals surface area contributed by atoms with E-state index in [-0.39, 0.29) is 18.6 Å². The Morgan fingerprint density at radius 2 is 2.50 bits per heavy atom. The second-order valence-corrected chi connectivity index (χ2v) is 3.04. The number of carbonyl (C=O) groups excluding carboxylic acids is 1. The number of hydrogen-bond acceptors (Lipinski definition) is 2. The van der Waals surface area contributed by atoms with Gasteiger partial charge in [-0.25, -0.2) is 0 Å². The monoisotopic (exact) mass is 169 g/mol. The normalized spacial score (nSPS) is 23.2. The molecule has 1 N–H and O–H groups in total. The van der Waals surface area contributed by atoms with Gasteiger partial charge in [-0.1, -0.05) is 6.08 Å². The SMILES string of the molecule is C=CCCN1C(=O)CC[C@H]1CO. The van der Waals surface area contributed by atoms with Gasteiger partial charge < -0.3 is 10.0 Å². The summed E-state index contributed by atoms with van der Waals surface area (Å²) in [6.07, 6.45) is 3.98. The van der Waals surface area contributed by atoms with Crippen LogP contribution in [0.3, 0.4) is 0 Å². The molecule has 1 aliphatic rings. The molecule has 1 heterocycles. The number of aliphatic hydroxyl groups is 1. The summed E-state index contributed by atoms with van der Waals surface area (Å²) >= 11 is 0. The molecule has 0 spiro atoms. The van der Waals surface area contributed by atoms with Crippen molar-refractivity contribution in [2.75, 3.05) is 13.2 Å². The molecule has 1 aliphatic heterocycles. The molecular weight excluding hydrogens is 154 g/mol. The number of nitrogens with zero attached hydrogens (tertiary/aromatic N) is 1. The number of carbonyl (C=O) groups is 1. The molecule has 0 radical (unpaired) electrons. The van der Waals surface area contributed by atoms with Gasteiger partial charge in [-0.15, -0.1) is 6.58 Å². The molecule has 1 amide bonds. The van der Waals surface area contributed by atoms with Crippen LogP contribution in [-0.2, 0) is 4.79 Å². The zero-order valence-corrected chi connectivity index (χ0v) is 7.20. The molecule has 3 nitrogen and oxygen atoms in total. The van der Waals surface area contributed by atoms with Crippen molar-refractivity contribution in [3.05, 3.63) is 12.7 Å². The van der Waals surface area contributed by atoms with Gasteiger partial charge in [-0.3, -0.25) is 4.79 Å². The average molecular weight is 169 g/mol. The van der Waals surface area contributed by atoms with Gasteiger partial charge in [0.15, 0.2) is 0 Å². The number of aliphatic hydroxyl groups excluding tert-OH is 1. The largest absolute Gasteiger partial charge is 0.394 e. The second-order valence-electron chi connectivity index (χ2n) is 3.04. The topological polar surface area (TPSA) is 40.5 Å². The van der Waals surface area contributed by atoms with Crippen molar-refractivity contribution < 1.29 is 9.90 Å². The van der Waals surface area contributed by atoms with Crippen molar-refractivity contribution in [3.8, 4) is 0 Å².